The Morgan fingerprint density at radius 1 is 1.21 bits per heavy atom. The summed E-state index contributed by atoms with van der Waals surface area (Å²) in [5.41, 5.74) is 2.39. The number of ether oxygens (including phenoxy) is 1. The average molecular weight is 285 g/mol. The minimum Gasteiger partial charge on any atom is -0.434 e. The third-order valence-electron chi connectivity index (χ3n) is 2.10. The van der Waals surface area contributed by atoms with Crippen LogP contribution in [-0.4, -0.2) is 19.4 Å². The molecule has 1 N–H and O–H groups in total. The maximum absolute atomic E-state index is 12.1. The molecule has 1 aromatic rings. The Labute approximate surface area is 106 Å². The second-order valence-corrected chi connectivity index (χ2v) is 3.66. The van der Waals surface area contributed by atoms with Crippen molar-refractivity contribution in [3.63, 3.8) is 0 Å². The molecule has 0 aliphatic rings. The van der Waals surface area contributed by atoms with Crippen LogP contribution in [-0.2, 0) is 4.84 Å². The fourth-order valence-electron chi connectivity index (χ4n) is 1.35. The predicted octanol–water partition coefficient (Wildman–Crippen LogP) is 3.43. The molecule has 0 heterocycles. The SMILES string of the molecule is CC(NOCC(F)(F)F)c1ccccc1OC(F)F. The van der Waals surface area contributed by atoms with Gasteiger partial charge in [0.25, 0.3) is 0 Å². The number of alkyl halides is 5. The summed E-state index contributed by atoms with van der Waals surface area (Å²) in [6.45, 7) is -3.02. The van der Waals surface area contributed by atoms with Crippen molar-refractivity contribution in [2.75, 3.05) is 6.61 Å². The summed E-state index contributed by atoms with van der Waals surface area (Å²) in [6, 6.07) is 5.04. The van der Waals surface area contributed by atoms with Gasteiger partial charge < -0.3 is 4.74 Å². The molecular formula is C11H12F5NO2. The molecule has 0 amide bonds. The van der Waals surface area contributed by atoms with Gasteiger partial charge in [0.15, 0.2) is 6.61 Å². The lowest BCUT2D eigenvalue weighted by atomic mass is 10.1. The molecule has 1 atom stereocenters. The number of hydroxylamine groups is 1. The third kappa shape index (κ3) is 5.84. The van der Waals surface area contributed by atoms with E-state index in [-0.39, 0.29) is 11.3 Å². The zero-order chi connectivity index (χ0) is 14.5. The van der Waals surface area contributed by atoms with E-state index in [1.54, 1.807) is 6.07 Å². The quantitative estimate of drug-likeness (QED) is 0.641. The largest absolute Gasteiger partial charge is 0.434 e. The predicted molar refractivity (Wildman–Crippen MR) is 56.6 cm³/mol. The number of hydrogen-bond acceptors (Lipinski definition) is 3. The highest BCUT2D eigenvalue weighted by Crippen LogP contribution is 2.26. The molecule has 0 saturated heterocycles. The first-order chi connectivity index (χ1) is 8.79. The van der Waals surface area contributed by atoms with E-state index in [4.69, 9.17) is 0 Å². The second-order valence-electron chi connectivity index (χ2n) is 3.66. The molecule has 19 heavy (non-hydrogen) atoms. The van der Waals surface area contributed by atoms with Crippen molar-refractivity contribution in [3.05, 3.63) is 29.8 Å². The monoisotopic (exact) mass is 285 g/mol. The molecule has 0 radical (unpaired) electrons. The average Bonchev–Trinajstić information content (AvgIpc) is 2.27. The molecule has 1 aromatic carbocycles. The number of halogens is 5. The highest BCUT2D eigenvalue weighted by atomic mass is 19.4. The lowest BCUT2D eigenvalue weighted by Crippen LogP contribution is -2.27. The van der Waals surface area contributed by atoms with E-state index in [0.29, 0.717) is 0 Å². The standard InChI is InChI=1S/C11H12F5NO2/c1-7(17-18-6-11(14,15)16)8-4-2-3-5-9(8)19-10(12)13/h2-5,7,10,17H,6H2,1H3. The molecule has 3 nitrogen and oxygen atoms in total. The zero-order valence-corrected chi connectivity index (χ0v) is 9.88. The van der Waals surface area contributed by atoms with Crippen LogP contribution in [0.15, 0.2) is 24.3 Å². The van der Waals surface area contributed by atoms with Gasteiger partial charge in [-0.3, -0.25) is 4.84 Å². The van der Waals surface area contributed by atoms with Gasteiger partial charge in [0.05, 0.1) is 6.04 Å². The Morgan fingerprint density at radius 2 is 1.84 bits per heavy atom. The van der Waals surface area contributed by atoms with Crippen LogP contribution in [0.25, 0.3) is 0 Å². The van der Waals surface area contributed by atoms with Crippen LogP contribution < -0.4 is 10.2 Å². The molecule has 0 fully saturated rings. The highest BCUT2D eigenvalue weighted by molar-refractivity contribution is 5.35. The highest BCUT2D eigenvalue weighted by Gasteiger charge is 2.28. The Balaban J connectivity index is 2.63. The number of rotatable bonds is 6. The van der Waals surface area contributed by atoms with Crippen LogP contribution in [0.1, 0.15) is 18.5 Å². The van der Waals surface area contributed by atoms with Crippen LogP contribution in [0.5, 0.6) is 5.75 Å². The summed E-state index contributed by atoms with van der Waals surface area (Å²) in [7, 11) is 0. The van der Waals surface area contributed by atoms with E-state index >= 15 is 0 Å². The van der Waals surface area contributed by atoms with Crippen LogP contribution in [0.2, 0.25) is 0 Å². The van der Waals surface area contributed by atoms with Crippen LogP contribution in [0, 0.1) is 0 Å². The van der Waals surface area contributed by atoms with Crippen molar-refractivity contribution in [1.29, 1.82) is 0 Å². The molecule has 0 aliphatic heterocycles. The first-order valence-corrected chi connectivity index (χ1v) is 5.27. The summed E-state index contributed by atoms with van der Waals surface area (Å²) < 4.78 is 64.2. The van der Waals surface area contributed by atoms with Gasteiger partial charge >= 0.3 is 12.8 Å². The Morgan fingerprint density at radius 3 is 2.42 bits per heavy atom. The van der Waals surface area contributed by atoms with Crippen molar-refractivity contribution in [2.24, 2.45) is 0 Å². The number of benzene rings is 1. The first-order valence-electron chi connectivity index (χ1n) is 5.27. The Hall–Kier alpha value is -1.41. The van der Waals surface area contributed by atoms with Gasteiger partial charge in [-0.25, -0.2) is 0 Å². The number of nitrogens with one attached hydrogen (secondary N) is 1. The Bertz CT molecular complexity index is 397. The lowest BCUT2D eigenvalue weighted by molar-refractivity contribution is -0.192. The van der Waals surface area contributed by atoms with Crippen LogP contribution in [0.3, 0.4) is 0 Å². The van der Waals surface area contributed by atoms with Gasteiger partial charge in [0, 0.05) is 5.56 Å². The topological polar surface area (TPSA) is 30.5 Å². The molecule has 108 valence electrons. The van der Waals surface area contributed by atoms with Gasteiger partial charge in [0.1, 0.15) is 5.75 Å². The number of para-hydroxylation sites is 1. The normalized spacial score (nSPS) is 13.6. The molecule has 1 unspecified atom stereocenters. The smallest absolute Gasteiger partial charge is 0.413 e. The van der Waals surface area contributed by atoms with Gasteiger partial charge in [-0.2, -0.15) is 27.4 Å². The van der Waals surface area contributed by atoms with E-state index in [1.165, 1.54) is 25.1 Å². The van der Waals surface area contributed by atoms with E-state index in [9.17, 15) is 22.0 Å². The van der Waals surface area contributed by atoms with Gasteiger partial charge in [-0.1, -0.05) is 18.2 Å². The second kappa shape index (κ2) is 6.67. The summed E-state index contributed by atoms with van der Waals surface area (Å²) in [5.74, 6) is -0.117. The van der Waals surface area contributed by atoms with Crippen LogP contribution >= 0.6 is 0 Å². The summed E-state index contributed by atoms with van der Waals surface area (Å²) >= 11 is 0. The van der Waals surface area contributed by atoms with Crippen molar-refractivity contribution < 1.29 is 31.5 Å². The van der Waals surface area contributed by atoms with Crippen molar-refractivity contribution >= 4 is 0 Å². The molecule has 0 saturated carbocycles. The zero-order valence-electron chi connectivity index (χ0n) is 9.88. The van der Waals surface area contributed by atoms with E-state index < -0.39 is 25.4 Å². The molecule has 0 spiro atoms. The molecular weight excluding hydrogens is 273 g/mol. The first kappa shape index (κ1) is 15.6. The molecule has 0 bridgehead atoms. The molecule has 1 rings (SSSR count). The third-order valence-corrected chi connectivity index (χ3v) is 2.10. The minimum absolute atomic E-state index is 0.117. The lowest BCUT2D eigenvalue weighted by Gasteiger charge is -2.18. The Kier molecular flexibility index (Phi) is 5.49. The van der Waals surface area contributed by atoms with Gasteiger partial charge in [-0.15, -0.1) is 0 Å². The van der Waals surface area contributed by atoms with Gasteiger partial charge in [0.2, 0.25) is 0 Å². The van der Waals surface area contributed by atoms with Gasteiger partial charge in [-0.05, 0) is 13.0 Å². The summed E-state index contributed by atoms with van der Waals surface area (Å²) in [5, 5.41) is 0. The van der Waals surface area contributed by atoms with Crippen molar-refractivity contribution in [2.45, 2.75) is 25.8 Å². The van der Waals surface area contributed by atoms with E-state index in [1.807, 2.05) is 0 Å². The van der Waals surface area contributed by atoms with Crippen LogP contribution in [0.4, 0.5) is 22.0 Å². The molecule has 0 aliphatic carbocycles. The summed E-state index contributed by atoms with van der Waals surface area (Å²) in [4.78, 5) is 4.26. The molecule has 8 heteroatoms. The minimum atomic E-state index is -4.47. The van der Waals surface area contributed by atoms with E-state index in [0.717, 1.165) is 0 Å². The maximum atomic E-state index is 12.1. The maximum Gasteiger partial charge on any atom is 0.413 e. The summed E-state index contributed by atoms with van der Waals surface area (Å²) in [6.07, 6.45) is -4.47. The number of hydrogen-bond donors (Lipinski definition) is 1. The fourth-order valence-corrected chi connectivity index (χ4v) is 1.35. The van der Waals surface area contributed by atoms with Crippen molar-refractivity contribution in [3.8, 4) is 5.75 Å². The van der Waals surface area contributed by atoms with E-state index in [2.05, 4.69) is 15.1 Å². The van der Waals surface area contributed by atoms with Crippen molar-refractivity contribution in [1.82, 2.24) is 5.48 Å². The molecule has 0 aromatic heterocycles. The fraction of sp³-hybridized carbons (Fsp3) is 0.455.